The molecule has 0 aliphatic rings. The van der Waals surface area contributed by atoms with Crippen molar-refractivity contribution in [3.8, 4) is 0 Å². The molecule has 0 bridgehead atoms. The third-order valence-corrected chi connectivity index (χ3v) is 4.55. The fourth-order valence-electron chi connectivity index (χ4n) is 1.35. The summed E-state index contributed by atoms with van der Waals surface area (Å²) in [6, 6.07) is 9.00. The highest BCUT2D eigenvalue weighted by Crippen LogP contribution is 2.58. The van der Waals surface area contributed by atoms with Crippen LogP contribution < -0.4 is 5.73 Å². The van der Waals surface area contributed by atoms with Crippen LogP contribution in [-0.2, 0) is 13.6 Å². The van der Waals surface area contributed by atoms with E-state index in [0.29, 0.717) is 5.56 Å². The number of hydrogen-bond acceptors (Lipinski definition) is 4. The fourth-order valence-corrected chi connectivity index (χ4v) is 3.35. The Labute approximate surface area is 117 Å². The molecule has 7 heteroatoms. The van der Waals surface area contributed by atoms with E-state index in [2.05, 4.69) is 0 Å². The molecule has 0 saturated carbocycles. The van der Waals surface area contributed by atoms with Crippen LogP contribution >= 0.6 is 30.8 Å². The summed E-state index contributed by atoms with van der Waals surface area (Å²) in [4.78, 5) is 0. The van der Waals surface area contributed by atoms with Gasteiger partial charge in [0.2, 0.25) is 0 Å². The quantitative estimate of drug-likeness (QED) is 0.591. The maximum Gasteiger partial charge on any atom is 0.351 e. The average molecular weight is 312 g/mol. The predicted octanol–water partition coefficient (Wildman–Crippen LogP) is 3.35. The van der Waals surface area contributed by atoms with Gasteiger partial charge >= 0.3 is 7.60 Å². The lowest BCUT2D eigenvalue weighted by Crippen LogP contribution is -2.16. The molecule has 0 aliphatic heterocycles. The topological polar surface area (TPSA) is 61.6 Å². The van der Waals surface area contributed by atoms with Gasteiger partial charge in [0.1, 0.15) is 5.78 Å². The van der Waals surface area contributed by atoms with Crippen molar-refractivity contribution in [3.63, 3.8) is 0 Å². The molecular formula is C11H16Cl2NO3P. The fraction of sp³-hybridized carbons (Fsp3) is 0.455. The van der Waals surface area contributed by atoms with Crippen LogP contribution in [0.15, 0.2) is 30.3 Å². The van der Waals surface area contributed by atoms with Crippen molar-refractivity contribution < 1.29 is 13.6 Å². The minimum absolute atomic E-state index is 0.113. The Morgan fingerprint density at radius 1 is 1.11 bits per heavy atom. The van der Waals surface area contributed by atoms with Gasteiger partial charge in [-0.05, 0) is 5.56 Å². The van der Waals surface area contributed by atoms with E-state index in [1.807, 2.05) is 18.2 Å². The Bertz CT molecular complexity index is 379. The molecule has 2 N–H and O–H groups in total. The summed E-state index contributed by atoms with van der Waals surface area (Å²) in [5.41, 5.74) is 6.64. The largest absolute Gasteiger partial charge is 0.351 e. The molecule has 1 aromatic carbocycles. The van der Waals surface area contributed by atoms with Gasteiger partial charge in [0.05, 0.1) is 13.2 Å². The molecule has 1 rings (SSSR count). The first kappa shape index (κ1) is 16.0. The third kappa shape index (κ3) is 4.54. The zero-order valence-electron chi connectivity index (χ0n) is 9.80. The van der Waals surface area contributed by atoms with Gasteiger partial charge < -0.3 is 14.8 Å². The second kappa shape index (κ2) is 8.16. The van der Waals surface area contributed by atoms with E-state index in [-0.39, 0.29) is 25.0 Å². The van der Waals surface area contributed by atoms with Crippen LogP contribution in [0.5, 0.6) is 0 Å². The smallest absolute Gasteiger partial charge is 0.314 e. The third-order valence-electron chi connectivity index (χ3n) is 2.18. The van der Waals surface area contributed by atoms with Crippen molar-refractivity contribution >= 4 is 30.8 Å². The van der Waals surface area contributed by atoms with E-state index in [1.165, 1.54) is 0 Å². The molecule has 0 heterocycles. The summed E-state index contributed by atoms with van der Waals surface area (Å²) in [6.07, 6.45) is 0. The molecule has 0 saturated heterocycles. The SMILES string of the molecule is NC(c1ccccc1)P(=O)(OCCCl)OCCCl. The van der Waals surface area contributed by atoms with E-state index in [0.717, 1.165) is 0 Å². The maximum atomic E-state index is 12.5. The van der Waals surface area contributed by atoms with Crippen LogP contribution in [0.25, 0.3) is 0 Å². The molecule has 0 amide bonds. The van der Waals surface area contributed by atoms with Gasteiger partial charge in [0.15, 0.2) is 0 Å². The Morgan fingerprint density at radius 2 is 1.61 bits per heavy atom. The first-order valence-corrected chi connectivity index (χ1v) is 8.13. The molecule has 0 aliphatic carbocycles. The summed E-state index contributed by atoms with van der Waals surface area (Å²) in [6.45, 7) is 0.226. The molecule has 0 spiro atoms. The van der Waals surface area contributed by atoms with Crippen LogP contribution in [-0.4, -0.2) is 25.0 Å². The van der Waals surface area contributed by atoms with Gasteiger partial charge in [-0.15, -0.1) is 23.2 Å². The van der Waals surface area contributed by atoms with Crippen LogP contribution in [0.2, 0.25) is 0 Å². The lowest BCUT2D eigenvalue weighted by molar-refractivity contribution is 0.214. The molecule has 1 atom stereocenters. The van der Waals surface area contributed by atoms with Gasteiger partial charge in [0.25, 0.3) is 0 Å². The molecule has 0 radical (unpaired) electrons. The number of benzene rings is 1. The summed E-state index contributed by atoms with van der Waals surface area (Å²) in [5.74, 6) is -0.406. The van der Waals surface area contributed by atoms with Gasteiger partial charge in [-0.25, -0.2) is 0 Å². The lowest BCUT2D eigenvalue weighted by Gasteiger charge is -2.23. The summed E-state index contributed by atoms with van der Waals surface area (Å²) < 4.78 is 23.0. The second-order valence-corrected chi connectivity index (χ2v) is 6.35. The molecule has 102 valence electrons. The molecule has 4 nitrogen and oxygen atoms in total. The van der Waals surface area contributed by atoms with E-state index >= 15 is 0 Å². The number of nitrogens with two attached hydrogens (primary N) is 1. The van der Waals surface area contributed by atoms with E-state index in [9.17, 15) is 4.57 Å². The zero-order valence-corrected chi connectivity index (χ0v) is 12.2. The summed E-state index contributed by atoms with van der Waals surface area (Å²) >= 11 is 11.0. The maximum absolute atomic E-state index is 12.5. The second-order valence-electron chi connectivity index (χ2n) is 3.44. The lowest BCUT2D eigenvalue weighted by atomic mass is 10.2. The van der Waals surface area contributed by atoms with Gasteiger partial charge in [-0.2, -0.15) is 0 Å². The van der Waals surface area contributed by atoms with Crippen molar-refractivity contribution in [1.82, 2.24) is 0 Å². The molecule has 18 heavy (non-hydrogen) atoms. The van der Waals surface area contributed by atoms with E-state index in [4.69, 9.17) is 38.0 Å². The van der Waals surface area contributed by atoms with E-state index in [1.54, 1.807) is 12.1 Å². The van der Waals surface area contributed by atoms with Crippen LogP contribution in [0.3, 0.4) is 0 Å². The van der Waals surface area contributed by atoms with Crippen LogP contribution in [0, 0.1) is 0 Å². The minimum Gasteiger partial charge on any atom is -0.314 e. The molecular weight excluding hydrogens is 296 g/mol. The van der Waals surface area contributed by atoms with Crippen LogP contribution in [0.4, 0.5) is 0 Å². The zero-order chi connectivity index (χ0) is 13.4. The number of halogens is 2. The number of alkyl halides is 2. The number of rotatable bonds is 8. The molecule has 1 unspecified atom stereocenters. The van der Waals surface area contributed by atoms with Crippen molar-refractivity contribution in [3.05, 3.63) is 35.9 Å². The monoisotopic (exact) mass is 311 g/mol. The van der Waals surface area contributed by atoms with Crippen molar-refractivity contribution in [2.75, 3.05) is 25.0 Å². The molecule has 0 fully saturated rings. The highest BCUT2D eigenvalue weighted by Gasteiger charge is 2.34. The first-order valence-electron chi connectivity index (χ1n) is 5.45. The van der Waals surface area contributed by atoms with E-state index < -0.39 is 13.4 Å². The van der Waals surface area contributed by atoms with Gasteiger partial charge in [-0.3, -0.25) is 4.57 Å². The Morgan fingerprint density at radius 3 is 2.06 bits per heavy atom. The Hall–Kier alpha value is -0.0900. The molecule has 1 aromatic rings. The highest BCUT2D eigenvalue weighted by atomic mass is 35.5. The first-order chi connectivity index (χ1) is 8.64. The minimum atomic E-state index is -3.46. The number of hydrogen-bond donors (Lipinski definition) is 1. The normalized spacial score (nSPS) is 13.5. The standard InChI is InChI=1S/C11H16Cl2NO3P/c12-6-8-16-18(15,17-9-7-13)11(14)10-4-2-1-3-5-10/h1-5,11H,6-9,14H2. The van der Waals surface area contributed by atoms with Gasteiger partial charge in [0, 0.05) is 11.8 Å². The van der Waals surface area contributed by atoms with Crippen LogP contribution in [0.1, 0.15) is 11.3 Å². The summed E-state index contributed by atoms with van der Waals surface area (Å²) in [7, 11) is -3.46. The molecule has 0 aromatic heterocycles. The summed E-state index contributed by atoms with van der Waals surface area (Å²) in [5, 5.41) is 0. The Balaban J connectivity index is 2.84. The average Bonchev–Trinajstić information content (AvgIpc) is 2.43. The Kier molecular flexibility index (Phi) is 7.23. The van der Waals surface area contributed by atoms with Crippen molar-refractivity contribution in [1.29, 1.82) is 0 Å². The highest BCUT2D eigenvalue weighted by molar-refractivity contribution is 7.54. The van der Waals surface area contributed by atoms with Crippen molar-refractivity contribution in [2.45, 2.75) is 5.78 Å². The van der Waals surface area contributed by atoms with Crippen molar-refractivity contribution in [2.24, 2.45) is 5.73 Å². The van der Waals surface area contributed by atoms with Gasteiger partial charge in [-0.1, -0.05) is 30.3 Å². The predicted molar refractivity (Wildman–Crippen MR) is 74.3 cm³/mol.